The lowest BCUT2D eigenvalue weighted by molar-refractivity contribution is 0.621. The molecule has 2 aromatic rings. The Morgan fingerprint density at radius 3 is 2.67 bits per heavy atom. The van der Waals surface area contributed by atoms with Gasteiger partial charge >= 0.3 is 0 Å². The minimum atomic E-state index is -0.255. The van der Waals surface area contributed by atoms with Crippen LogP contribution in [0.5, 0.6) is 0 Å². The van der Waals surface area contributed by atoms with Gasteiger partial charge in [0.15, 0.2) is 0 Å². The molecule has 0 aliphatic rings. The van der Waals surface area contributed by atoms with E-state index in [-0.39, 0.29) is 5.82 Å². The molecule has 0 unspecified atom stereocenters. The molecule has 0 aliphatic heterocycles. The maximum Gasteiger partial charge on any atom is 0.137 e. The van der Waals surface area contributed by atoms with Crippen molar-refractivity contribution in [2.24, 2.45) is 7.05 Å². The first kappa shape index (κ1) is 13.1. The molecule has 0 spiro atoms. The Morgan fingerprint density at radius 2 is 2.11 bits per heavy atom. The zero-order valence-electron chi connectivity index (χ0n) is 10.6. The van der Waals surface area contributed by atoms with Crippen LogP contribution in [0.2, 0.25) is 0 Å². The molecule has 0 saturated carbocycles. The van der Waals surface area contributed by atoms with Crippen LogP contribution in [0.1, 0.15) is 17.0 Å². The second-order valence-electron chi connectivity index (χ2n) is 4.26. The SMILES string of the molecule is Cc1nn(C)c(C)c1CNc1ccc(F)c(Br)c1. The number of anilines is 1. The van der Waals surface area contributed by atoms with E-state index < -0.39 is 0 Å². The fourth-order valence-electron chi connectivity index (χ4n) is 1.87. The average molecular weight is 312 g/mol. The molecule has 1 heterocycles. The third kappa shape index (κ3) is 2.56. The number of hydrogen-bond donors (Lipinski definition) is 1. The molecular formula is C13H15BrFN3. The van der Waals surface area contributed by atoms with Crippen LogP contribution in [0.4, 0.5) is 10.1 Å². The number of nitrogens with zero attached hydrogens (tertiary/aromatic N) is 2. The summed E-state index contributed by atoms with van der Waals surface area (Å²) in [6, 6.07) is 4.90. The van der Waals surface area contributed by atoms with E-state index in [0.29, 0.717) is 11.0 Å². The van der Waals surface area contributed by atoms with Crippen LogP contribution in [0.3, 0.4) is 0 Å². The highest BCUT2D eigenvalue weighted by molar-refractivity contribution is 9.10. The van der Waals surface area contributed by atoms with Crippen LogP contribution in [-0.2, 0) is 13.6 Å². The van der Waals surface area contributed by atoms with Crippen molar-refractivity contribution >= 4 is 21.6 Å². The Hall–Kier alpha value is -1.36. The molecule has 0 aliphatic carbocycles. The van der Waals surface area contributed by atoms with Gasteiger partial charge in [-0.2, -0.15) is 5.10 Å². The predicted octanol–water partition coefficient (Wildman–Crippen LogP) is 3.55. The van der Waals surface area contributed by atoms with Crippen LogP contribution in [0.15, 0.2) is 22.7 Å². The Bertz CT molecular complexity index is 578. The molecular weight excluding hydrogens is 297 g/mol. The zero-order chi connectivity index (χ0) is 13.3. The van der Waals surface area contributed by atoms with Crippen molar-refractivity contribution in [3.05, 3.63) is 45.4 Å². The Balaban J connectivity index is 2.14. The molecule has 96 valence electrons. The first-order valence-corrected chi connectivity index (χ1v) is 6.46. The summed E-state index contributed by atoms with van der Waals surface area (Å²) < 4.78 is 15.4. The van der Waals surface area contributed by atoms with Gasteiger partial charge in [0.1, 0.15) is 5.82 Å². The van der Waals surface area contributed by atoms with E-state index in [1.54, 1.807) is 12.1 Å². The molecule has 3 nitrogen and oxygen atoms in total. The van der Waals surface area contributed by atoms with Gasteiger partial charge < -0.3 is 5.32 Å². The highest BCUT2D eigenvalue weighted by atomic mass is 79.9. The molecule has 0 saturated heterocycles. The fourth-order valence-corrected chi connectivity index (χ4v) is 2.25. The molecule has 1 aromatic heterocycles. The van der Waals surface area contributed by atoms with Gasteiger partial charge in [-0.15, -0.1) is 0 Å². The summed E-state index contributed by atoms with van der Waals surface area (Å²) in [5.74, 6) is -0.255. The lowest BCUT2D eigenvalue weighted by Crippen LogP contribution is -2.02. The molecule has 1 N–H and O–H groups in total. The molecule has 5 heteroatoms. The third-order valence-corrected chi connectivity index (χ3v) is 3.66. The summed E-state index contributed by atoms with van der Waals surface area (Å²) in [6.07, 6.45) is 0. The largest absolute Gasteiger partial charge is 0.381 e. The first-order valence-electron chi connectivity index (χ1n) is 5.67. The van der Waals surface area contributed by atoms with E-state index in [2.05, 4.69) is 26.3 Å². The number of nitrogens with one attached hydrogen (secondary N) is 1. The van der Waals surface area contributed by atoms with Crippen molar-refractivity contribution in [3.8, 4) is 0 Å². The van der Waals surface area contributed by atoms with E-state index in [9.17, 15) is 4.39 Å². The van der Waals surface area contributed by atoms with E-state index in [0.717, 1.165) is 17.1 Å². The van der Waals surface area contributed by atoms with E-state index in [1.165, 1.54) is 11.6 Å². The van der Waals surface area contributed by atoms with Crippen molar-refractivity contribution in [2.75, 3.05) is 5.32 Å². The van der Waals surface area contributed by atoms with Crippen LogP contribution in [-0.4, -0.2) is 9.78 Å². The van der Waals surface area contributed by atoms with Gasteiger partial charge in [-0.3, -0.25) is 4.68 Å². The fraction of sp³-hybridized carbons (Fsp3) is 0.308. The van der Waals surface area contributed by atoms with Gasteiger partial charge in [0, 0.05) is 30.5 Å². The third-order valence-electron chi connectivity index (χ3n) is 3.05. The number of aryl methyl sites for hydroxylation is 2. The second-order valence-corrected chi connectivity index (χ2v) is 5.11. The van der Waals surface area contributed by atoms with Gasteiger partial charge in [0.05, 0.1) is 10.2 Å². The summed E-state index contributed by atoms with van der Waals surface area (Å²) in [6.45, 7) is 4.71. The lowest BCUT2D eigenvalue weighted by atomic mass is 10.2. The van der Waals surface area contributed by atoms with Crippen LogP contribution < -0.4 is 5.32 Å². The maximum atomic E-state index is 13.1. The molecule has 0 amide bonds. The monoisotopic (exact) mass is 311 g/mol. The summed E-state index contributed by atoms with van der Waals surface area (Å²) in [4.78, 5) is 0. The number of aromatic nitrogens is 2. The normalized spacial score (nSPS) is 10.7. The Labute approximate surface area is 114 Å². The second kappa shape index (κ2) is 5.10. The molecule has 0 fully saturated rings. The Morgan fingerprint density at radius 1 is 1.39 bits per heavy atom. The number of hydrogen-bond acceptors (Lipinski definition) is 2. The van der Waals surface area contributed by atoms with Crippen molar-refractivity contribution in [1.29, 1.82) is 0 Å². The van der Waals surface area contributed by atoms with Crippen LogP contribution in [0, 0.1) is 19.7 Å². The standard InChI is InChI=1S/C13H15BrFN3/c1-8-11(9(2)18(3)17-8)7-16-10-4-5-13(15)12(14)6-10/h4-6,16H,7H2,1-3H3. The van der Waals surface area contributed by atoms with Crippen LogP contribution in [0.25, 0.3) is 0 Å². The summed E-state index contributed by atoms with van der Waals surface area (Å²) in [5.41, 5.74) is 4.22. The molecule has 0 bridgehead atoms. The molecule has 18 heavy (non-hydrogen) atoms. The van der Waals surface area contributed by atoms with Gasteiger partial charge in [0.25, 0.3) is 0 Å². The average Bonchev–Trinajstić information content (AvgIpc) is 2.56. The van der Waals surface area contributed by atoms with Gasteiger partial charge in [-0.05, 0) is 48.0 Å². The predicted molar refractivity (Wildman–Crippen MR) is 74.1 cm³/mol. The van der Waals surface area contributed by atoms with Crippen LogP contribution >= 0.6 is 15.9 Å². The topological polar surface area (TPSA) is 29.9 Å². The maximum absolute atomic E-state index is 13.1. The Kier molecular flexibility index (Phi) is 3.71. The van der Waals surface area contributed by atoms with Crippen molar-refractivity contribution in [3.63, 3.8) is 0 Å². The highest BCUT2D eigenvalue weighted by Crippen LogP contribution is 2.21. The number of rotatable bonds is 3. The van der Waals surface area contributed by atoms with Gasteiger partial charge in [-0.25, -0.2) is 4.39 Å². The molecule has 0 atom stereocenters. The van der Waals surface area contributed by atoms with Crippen molar-refractivity contribution in [1.82, 2.24) is 9.78 Å². The molecule has 1 aromatic carbocycles. The molecule has 0 radical (unpaired) electrons. The van der Waals surface area contributed by atoms with Crippen molar-refractivity contribution in [2.45, 2.75) is 20.4 Å². The highest BCUT2D eigenvalue weighted by Gasteiger charge is 2.09. The van der Waals surface area contributed by atoms with Gasteiger partial charge in [-0.1, -0.05) is 0 Å². The van der Waals surface area contributed by atoms with Crippen molar-refractivity contribution < 1.29 is 4.39 Å². The van der Waals surface area contributed by atoms with Gasteiger partial charge in [0.2, 0.25) is 0 Å². The van der Waals surface area contributed by atoms with E-state index >= 15 is 0 Å². The quantitative estimate of drug-likeness (QED) is 0.939. The summed E-state index contributed by atoms with van der Waals surface area (Å²) in [5, 5.41) is 7.64. The number of halogens is 2. The minimum absolute atomic E-state index is 0.255. The number of benzene rings is 1. The minimum Gasteiger partial charge on any atom is -0.381 e. The molecule has 2 rings (SSSR count). The van der Waals surface area contributed by atoms with E-state index in [1.807, 2.05) is 25.6 Å². The zero-order valence-corrected chi connectivity index (χ0v) is 12.2. The smallest absolute Gasteiger partial charge is 0.137 e. The lowest BCUT2D eigenvalue weighted by Gasteiger charge is -2.07. The summed E-state index contributed by atoms with van der Waals surface area (Å²) in [7, 11) is 1.93. The summed E-state index contributed by atoms with van der Waals surface area (Å²) >= 11 is 3.17. The van der Waals surface area contributed by atoms with E-state index in [4.69, 9.17) is 0 Å². The first-order chi connectivity index (χ1) is 8.49.